The highest BCUT2D eigenvalue weighted by Crippen LogP contribution is 2.37. The van der Waals surface area contributed by atoms with Crippen LogP contribution in [0.2, 0.25) is 0 Å². The third-order valence-corrected chi connectivity index (χ3v) is 7.39. The molecule has 0 amide bonds. The zero-order chi connectivity index (χ0) is 25.6. The summed E-state index contributed by atoms with van der Waals surface area (Å²) in [6.45, 7) is 9.93. The molecule has 0 aliphatic carbocycles. The van der Waals surface area contributed by atoms with E-state index in [0.717, 1.165) is 6.54 Å². The molecule has 0 saturated heterocycles. The maximum atomic E-state index is 2.54. The normalized spacial score (nSPS) is 11.9. The Morgan fingerprint density at radius 3 is 1.97 bits per heavy atom. The Labute approximate surface area is 220 Å². The molecule has 0 unspecified atom stereocenters. The molecule has 0 aliphatic heterocycles. The van der Waals surface area contributed by atoms with Crippen molar-refractivity contribution in [3.63, 3.8) is 0 Å². The zero-order valence-corrected chi connectivity index (χ0v) is 22.1. The summed E-state index contributed by atoms with van der Waals surface area (Å²) in [4.78, 5) is 0. The summed E-state index contributed by atoms with van der Waals surface area (Å²) in [5, 5.41) is 2.66. The van der Waals surface area contributed by atoms with Crippen molar-refractivity contribution >= 4 is 21.8 Å². The summed E-state index contributed by atoms with van der Waals surface area (Å²) >= 11 is 0. The molecule has 0 aliphatic rings. The average molecular weight is 480 g/mol. The molecule has 0 saturated carbocycles. The predicted molar refractivity (Wildman–Crippen MR) is 159 cm³/mol. The van der Waals surface area contributed by atoms with E-state index in [1.165, 1.54) is 60.8 Å². The Morgan fingerprint density at radius 2 is 1.22 bits per heavy atom. The summed E-state index contributed by atoms with van der Waals surface area (Å²) in [5.41, 5.74) is 11.7. The van der Waals surface area contributed by atoms with Crippen LogP contribution in [0.15, 0.2) is 115 Å². The lowest BCUT2D eigenvalue weighted by molar-refractivity contribution is 0.592. The summed E-state index contributed by atoms with van der Waals surface area (Å²) < 4.78 is 2.54. The molecular formula is C36H33N. The molecule has 6 rings (SSSR count). The fraction of sp³-hybridized carbons (Fsp3) is 0.167. The van der Waals surface area contributed by atoms with E-state index < -0.39 is 0 Å². The van der Waals surface area contributed by atoms with Crippen molar-refractivity contribution in [2.45, 2.75) is 39.7 Å². The van der Waals surface area contributed by atoms with Gasteiger partial charge in [0.2, 0.25) is 0 Å². The number of nitrogens with zero attached hydrogens (tertiary/aromatic N) is 1. The van der Waals surface area contributed by atoms with Gasteiger partial charge in [-0.25, -0.2) is 0 Å². The molecule has 0 spiro atoms. The highest BCUT2D eigenvalue weighted by Gasteiger charge is 2.22. The molecule has 182 valence electrons. The SMILES string of the molecule is Cc1cccc(-c2cc(Cn3c4ccccc4c4cccc(C(C)(C)C)c43)cc(-c3ccccc3)c2)c1. The van der Waals surface area contributed by atoms with Crippen LogP contribution in [0, 0.1) is 6.92 Å². The first-order chi connectivity index (χ1) is 17.9. The minimum Gasteiger partial charge on any atom is -0.336 e. The van der Waals surface area contributed by atoms with Crippen molar-refractivity contribution in [3.8, 4) is 22.3 Å². The molecule has 1 heteroatoms. The molecule has 1 heterocycles. The smallest absolute Gasteiger partial charge is 0.0532 e. The first-order valence-corrected chi connectivity index (χ1v) is 13.2. The first kappa shape index (κ1) is 23.3. The Morgan fingerprint density at radius 1 is 0.568 bits per heavy atom. The second kappa shape index (κ2) is 9.09. The molecule has 1 nitrogen and oxygen atoms in total. The Kier molecular flexibility index (Phi) is 5.72. The van der Waals surface area contributed by atoms with Crippen molar-refractivity contribution in [1.29, 1.82) is 0 Å². The lowest BCUT2D eigenvalue weighted by Crippen LogP contribution is -2.13. The van der Waals surface area contributed by atoms with Gasteiger partial charge < -0.3 is 4.57 Å². The number of hydrogen-bond donors (Lipinski definition) is 0. The maximum Gasteiger partial charge on any atom is 0.0532 e. The second-order valence-electron chi connectivity index (χ2n) is 11.2. The largest absolute Gasteiger partial charge is 0.336 e. The van der Waals surface area contributed by atoms with Crippen LogP contribution in [0.4, 0.5) is 0 Å². The van der Waals surface area contributed by atoms with E-state index in [0.29, 0.717) is 0 Å². The molecule has 37 heavy (non-hydrogen) atoms. The van der Waals surface area contributed by atoms with E-state index in [4.69, 9.17) is 0 Å². The molecule has 6 aromatic rings. The first-order valence-electron chi connectivity index (χ1n) is 13.2. The quantitative estimate of drug-likeness (QED) is 0.237. The van der Waals surface area contributed by atoms with Gasteiger partial charge in [-0.2, -0.15) is 0 Å². The number of aromatic nitrogens is 1. The maximum absolute atomic E-state index is 2.54. The van der Waals surface area contributed by atoms with Gasteiger partial charge in [-0.3, -0.25) is 0 Å². The van der Waals surface area contributed by atoms with E-state index in [9.17, 15) is 0 Å². The molecule has 0 N–H and O–H groups in total. The lowest BCUT2D eigenvalue weighted by atomic mass is 9.85. The summed E-state index contributed by atoms with van der Waals surface area (Å²) in [5.74, 6) is 0. The molecule has 0 radical (unpaired) electrons. The van der Waals surface area contributed by atoms with E-state index in [-0.39, 0.29) is 5.41 Å². The van der Waals surface area contributed by atoms with Gasteiger partial charge in [0.05, 0.1) is 5.52 Å². The standard InChI is InChI=1S/C36H33N/c1-25-12-10-15-28(20-25)30-22-26(21-29(23-30)27-13-6-5-7-14-27)24-37-34-19-9-8-16-31(34)32-17-11-18-33(35(32)37)36(2,3)4/h5-23H,24H2,1-4H3. The molecule has 0 bridgehead atoms. The van der Waals surface area contributed by atoms with E-state index in [1.807, 2.05) is 0 Å². The van der Waals surface area contributed by atoms with E-state index in [2.05, 4.69) is 148 Å². The van der Waals surface area contributed by atoms with Gasteiger partial charge in [-0.1, -0.05) is 117 Å². The molecular weight excluding hydrogens is 446 g/mol. The van der Waals surface area contributed by atoms with Crippen molar-refractivity contribution in [3.05, 3.63) is 132 Å². The number of rotatable bonds is 4. The van der Waals surface area contributed by atoms with Gasteiger partial charge in [-0.05, 0) is 70.0 Å². The van der Waals surface area contributed by atoms with Gasteiger partial charge in [0.15, 0.2) is 0 Å². The highest BCUT2D eigenvalue weighted by molar-refractivity contribution is 6.09. The van der Waals surface area contributed by atoms with Crippen LogP contribution in [-0.4, -0.2) is 4.57 Å². The number of para-hydroxylation sites is 2. The second-order valence-corrected chi connectivity index (χ2v) is 11.2. The van der Waals surface area contributed by atoms with Crippen LogP contribution in [0.3, 0.4) is 0 Å². The Hall–Kier alpha value is -4.10. The average Bonchev–Trinajstić information content (AvgIpc) is 3.22. The Balaban J connectivity index is 1.59. The number of benzene rings is 5. The van der Waals surface area contributed by atoms with Crippen LogP contribution >= 0.6 is 0 Å². The summed E-state index contributed by atoms with van der Waals surface area (Å²) in [7, 11) is 0. The van der Waals surface area contributed by atoms with Crippen LogP contribution in [0.1, 0.15) is 37.5 Å². The minimum absolute atomic E-state index is 0.0459. The third kappa shape index (κ3) is 4.36. The topological polar surface area (TPSA) is 4.93 Å². The van der Waals surface area contributed by atoms with Crippen molar-refractivity contribution in [2.75, 3.05) is 0 Å². The van der Waals surface area contributed by atoms with E-state index >= 15 is 0 Å². The van der Waals surface area contributed by atoms with Crippen molar-refractivity contribution in [1.82, 2.24) is 4.57 Å². The summed E-state index contributed by atoms with van der Waals surface area (Å²) in [6, 6.07) is 42.3. The van der Waals surface area contributed by atoms with Crippen molar-refractivity contribution in [2.24, 2.45) is 0 Å². The molecule has 0 atom stereocenters. The number of fused-ring (bicyclic) bond motifs is 3. The van der Waals surface area contributed by atoms with Crippen LogP contribution < -0.4 is 0 Å². The number of hydrogen-bond acceptors (Lipinski definition) is 0. The number of aryl methyl sites for hydroxylation is 1. The van der Waals surface area contributed by atoms with Gasteiger partial charge in [-0.15, -0.1) is 0 Å². The molecule has 0 fully saturated rings. The van der Waals surface area contributed by atoms with Crippen LogP contribution in [0.25, 0.3) is 44.1 Å². The Bertz CT molecular complexity index is 1730. The monoisotopic (exact) mass is 479 g/mol. The van der Waals surface area contributed by atoms with E-state index in [1.54, 1.807) is 0 Å². The van der Waals surface area contributed by atoms with Gasteiger partial charge in [0.1, 0.15) is 0 Å². The zero-order valence-electron chi connectivity index (χ0n) is 22.1. The van der Waals surface area contributed by atoms with Crippen molar-refractivity contribution < 1.29 is 0 Å². The van der Waals surface area contributed by atoms with Gasteiger partial charge in [0, 0.05) is 22.8 Å². The van der Waals surface area contributed by atoms with Gasteiger partial charge in [0.25, 0.3) is 0 Å². The highest BCUT2D eigenvalue weighted by atomic mass is 15.0. The van der Waals surface area contributed by atoms with Crippen LogP contribution in [0.5, 0.6) is 0 Å². The molecule has 1 aromatic heterocycles. The summed E-state index contributed by atoms with van der Waals surface area (Å²) in [6.07, 6.45) is 0. The third-order valence-electron chi connectivity index (χ3n) is 7.39. The lowest BCUT2D eigenvalue weighted by Gasteiger charge is -2.22. The predicted octanol–water partition coefficient (Wildman–Crippen LogP) is 9.78. The van der Waals surface area contributed by atoms with Gasteiger partial charge >= 0.3 is 0 Å². The minimum atomic E-state index is 0.0459. The fourth-order valence-electron chi connectivity index (χ4n) is 5.63. The fourth-order valence-corrected chi connectivity index (χ4v) is 5.63. The molecule has 5 aromatic carbocycles. The van der Waals surface area contributed by atoms with Crippen LogP contribution in [-0.2, 0) is 12.0 Å².